The third-order valence-corrected chi connectivity index (χ3v) is 12.3. The van der Waals surface area contributed by atoms with Crippen LogP contribution in [0.25, 0.3) is 0 Å². The molecular formula is C28H32N2O8S4. The number of benzene rings is 2. The van der Waals surface area contributed by atoms with Crippen molar-refractivity contribution in [2.24, 2.45) is 11.8 Å². The van der Waals surface area contributed by atoms with Gasteiger partial charge in [0.05, 0.1) is 10.7 Å². The molecule has 2 aliphatic rings. The molecule has 6 atom stereocenters. The molecule has 226 valence electrons. The van der Waals surface area contributed by atoms with Gasteiger partial charge in [0.25, 0.3) is 0 Å². The maximum Gasteiger partial charge on any atom is 0.321 e. The molecule has 2 aromatic carbocycles. The summed E-state index contributed by atoms with van der Waals surface area (Å²) in [5, 5.41) is 38.8. The van der Waals surface area contributed by atoms with Gasteiger partial charge in [0.15, 0.2) is 0 Å². The fourth-order valence-corrected chi connectivity index (χ4v) is 10.0. The van der Waals surface area contributed by atoms with Crippen LogP contribution in [0.3, 0.4) is 0 Å². The summed E-state index contributed by atoms with van der Waals surface area (Å²) in [7, 11) is 1.59. The Morgan fingerprint density at radius 2 is 1.10 bits per heavy atom. The summed E-state index contributed by atoms with van der Waals surface area (Å²) in [6, 6.07) is 11.8. The number of carbonyl (C=O) groups excluding carboxylic acids is 2. The number of phenolic OH excluding ortho intramolecular Hbond substituents is 2. The number of carbonyl (C=O) groups is 4. The van der Waals surface area contributed by atoms with E-state index in [-0.39, 0.29) is 34.8 Å². The largest absolute Gasteiger partial charge is 0.508 e. The van der Waals surface area contributed by atoms with Crippen molar-refractivity contribution in [3.8, 4) is 11.5 Å². The van der Waals surface area contributed by atoms with Gasteiger partial charge in [-0.1, -0.05) is 50.2 Å². The molecule has 2 aromatic rings. The van der Waals surface area contributed by atoms with Crippen molar-refractivity contribution in [3.05, 3.63) is 59.7 Å². The van der Waals surface area contributed by atoms with Gasteiger partial charge in [-0.2, -0.15) is 0 Å². The quantitative estimate of drug-likeness (QED) is 0.266. The topological polar surface area (TPSA) is 156 Å². The lowest BCUT2D eigenvalue weighted by atomic mass is 10.1. The summed E-state index contributed by atoms with van der Waals surface area (Å²) < 4.78 is 0. The van der Waals surface area contributed by atoms with Crippen LogP contribution >= 0.6 is 45.1 Å². The maximum absolute atomic E-state index is 13.0. The third-order valence-electron chi connectivity index (χ3n) is 7.18. The number of aromatic hydroxyl groups is 2. The molecule has 0 aliphatic carbocycles. The van der Waals surface area contributed by atoms with E-state index in [9.17, 15) is 39.6 Å². The van der Waals surface area contributed by atoms with E-state index in [4.69, 9.17) is 0 Å². The van der Waals surface area contributed by atoms with Crippen LogP contribution in [0.15, 0.2) is 48.5 Å². The summed E-state index contributed by atoms with van der Waals surface area (Å²) in [5.41, 5.74) is 1.16. The highest BCUT2D eigenvalue weighted by Crippen LogP contribution is 2.46. The molecule has 4 N–H and O–H groups in total. The summed E-state index contributed by atoms with van der Waals surface area (Å²) >= 11 is 2.78. The van der Waals surface area contributed by atoms with Gasteiger partial charge < -0.3 is 20.4 Å². The molecule has 0 radical (unpaired) electrons. The molecule has 0 aromatic heterocycles. The molecule has 2 aliphatic heterocycles. The predicted octanol–water partition coefficient (Wildman–Crippen LogP) is 4.51. The van der Waals surface area contributed by atoms with E-state index in [0.717, 1.165) is 21.6 Å². The Morgan fingerprint density at radius 3 is 1.43 bits per heavy atom. The van der Waals surface area contributed by atoms with Crippen LogP contribution in [-0.2, 0) is 19.2 Å². The number of aliphatic carboxylic acids is 2. The lowest BCUT2D eigenvalue weighted by Gasteiger charge is -2.30. The number of thioether (sulfide) groups is 2. The van der Waals surface area contributed by atoms with E-state index in [1.807, 2.05) is 0 Å². The molecule has 0 saturated carbocycles. The molecule has 4 rings (SSSR count). The summed E-state index contributed by atoms with van der Waals surface area (Å²) in [5.74, 6) is -2.49. The molecule has 2 saturated heterocycles. The van der Waals surface area contributed by atoms with Crippen LogP contribution in [0.1, 0.15) is 35.7 Å². The summed E-state index contributed by atoms with van der Waals surface area (Å²) in [4.78, 5) is 53.4. The first-order valence-electron chi connectivity index (χ1n) is 13.2. The van der Waals surface area contributed by atoms with E-state index < -0.39 is 46.6 Å². The van der Waals surface area contributed by atoms with Crippen molar-refractivity contribution in [2.75, 3.05) is 24.6 Å². The average Bonchev–Trinajstić information content (AvgIpc) is 3.56. The minimum Gasteiger partial charge on any atom is -0.508 e. The van der Waals surface area contributed by atoms with E-state index in [1.165, 1.54) is 23.5 Å². The van der Waals surface area contributed by atoms with Crippen LogP contribution in [0.4, 0.5) is 0 Å². The Morgan fingerprint density at radius 1 is 0.738 bits per heavy atom. The SMILES string of the molecule is C[C@@H](CN1C(C(=O)O)CSC1c1ccccc1O)C(=O)SSC(=O)[C@@H](C)CN1C(C(=O)O)CSC1c1ccccc1O. The predicted molar refractivity (Wildman–Crippen MR) is 166 cm³/mol. The fourth-order valence-electron chi connectivity index (χ4n) is 4.90. The first kappa shape index (κ1) is 32.6. The van der Waals surface area contributed by atoms with Crippen molar-refractivity contribution in [2.45, 2.75) is 36.7 Å². The first-order valence-corrected chi connectivity index (χ1v) is 17.4. The molecule has 42 heavy (non-hydrogen) atoms. The number of para-hydroxylation sites is 2. The minimum absolute atomic E-state index is 0.0563. The highest BCUT2D eigenvalue weighted by Gasteiger charge is 2.43. The van der Waals surface area contributed by atoms with E-state index in [0.29, 0.717) is 22.6 Å². The normalized spacial score (nSPS) is 24.3. The van der Waals surface area contributed by atoms with Gasteiger partial charge in [-0.3, -0.25) is 29.0 Å². The van der Waals surface area contributed by atoms with Crippen molar-refractivity contribution >= 4 is 67.3 Å². The van der Waals surface area contributed by atoms with Gasteiger partial charge in [0, 0.05) is 47.6 Å². The van der Waals surface area contributed by atoms with Gasteiger partial charge >= 0.3 is 11.9 Å². The van der Waals surface area contributed by atoms with Crippen molar-refractivity contribution in [1.82, 2.24) is 9.80 Å². The Bertz CT molecular complexity index is 1230. The van der Waals surface area contributed by atoms with Crippen LogP contribution in [0.2, 0.25) is 0 Å². The van der Waals surface area contributed by atoms with Gasteiger partial charge in [-0.25, -0.2) is 0 Å². The molecule has 10 nitrogen and oxygen atoms in total. The lowest BCUT2D eigenvalue weighted by Crippen LogP contribution is -2.42. The van der Waals surface area contributed by atoms with Crippen LogP contribution in [-0.4, -0.2) is 89.1 Å². The Balaban J connectivity index is 1.37. The monoisotopic (exact) mass is 652 g/mol. The standard InChI is InChI=1S/C28H32N2O8S4/c1-15(11-29-19(25(33)34)13-39-23(29)17-7-3-5-9-21(17)31)27(37)41-42-28(38)16(2)12-30-20(26(35)36)14-40-24(30)18-8-4-6-10-22(18)32/h3-10,15-16,19-20,23-24,31-32H,11-14H2,1-2H3,(H,33,34)(H,35,36)/t15-,16-,19?,20?,23?,24?/m0/s1. The number of hydrogen-bond acceptors (Lipinski definition) is 12. The second-order valence-electron chi connectivity index (χ2n) is 10.2. The number of hydrogen-bond donors (Lipinski definition) is 4. The van der Waals surface area contributed by atoms with Gasteiger partial charge in [-0.05, 0) is 33.7 Å². The van der Waals surface area contributed by atoms with E-state index in [2.05, 4.69) is 0 Å². The lowest BCUT2D eigenvalue weighted by molar-refractivity contribution is -0.143. The maximum atomic E-state index is 13.0. The van der Waals surface area contributed by atoms with Crippen LogP contribution in [0.5, 0.6) is 11.5 Å². The number of phenols is 2. The average molecular weight is 653 g/mol. The number of carboxylic acids is 2. The summed E-state index contributed by atoms with van der Waals surface area (Å²) in [6.45, 7) is 3.63. The zero-order valence-electron chi connectivity index (χ0n) is 22.9. The van der Waals surface area contributed by atoms with Crippen LogP contribution < -0.4 is 0 Å². The third kappa shape index (κ3) is 7.40. The zero-order valence-corrected chi connectivity index (χ0v) is 26.1. The molecule has 0 bridgehead atoms. The molecular weight excluding hydrogens is 621 g/mol. The number of nitrogens with zero attached hydrogens (tertiary/aromatic N) is 2. The van der Waals surface area contributed by atoms with Crippen molar-refractivity contribution in [3.63, 3.8) is 0 Å². The van der Waals surface area contributed by atoms with Gasteiger partial charge in [0.2, 0.25) is 10.2 Å². The van der Waals surface area contributed by atoms with Crippen molar-refractivity contribution in [1.29, 1.82) is 0 Å². The second kappa shape index (κ2) is 14.4. The Kier molecular flexibility index (Phi) is 11.2. The summed E-state index contributed by atoms with van der Waals surface area (Å²) in [6.07, 6.45) is 0. The molecule has 2 heterocycles. The van der Waals surface area contributed by atoms with E-state index in [1.54, 1.807) is 72.2 Å². The first-order chi connectivity index (χ1) is 20.0. The number of carboxylic acid groups (broad SMARTS) is 2. The molecule has 0 spiro atoms. The molecule has 4 unspecified atom stereocenters. The highest BCUT2D eigenvalue weighted by molar-refractivity contribution is 8.87. The fraction of sp³-hybridized carbons (Fsp3) is 0.429. The van der Waals surface area contributed by atoms with Crippen LogP contribution in [0, 0.1) is 11.8 Å². The van der Waals surface area contributed by atoms with E-state index >= 15 is 0 Å². The Labute approximate surface area is 260 Å². The van der Waals surface area contributed by atoms with Gasteiger partial charge in [0.1, 0.15) is 23.6 Å². The molecule has 2 fully saturated rings. The van der Waals surface area contributed by atoms with Gasteiger partial charge in [-0.15, -0.1) is 23.5 Å². The second-order valence-corrected chi connectivity index (χ2v) is 14.6. The zero-order chi connectivity index (χ0) is 30.6. The molecule has 0 amide bonds. The van der Waals surface area contributed by atoms with Crippen molar-refractivity contribution < 1.29 is 39.6 Å². The smallest absolute Gasteiger partial charge is 0.321 e. The molecule has 14 heteroatoms. The highest BCUT2D eigenvalue weighted by atomic mass is 33.1. The Hall–Kier alpha value is -2.36. The minimum atomic E-state index is -1.01. The number of rotatable bonds is 10.